The van der Waals surface area contributed by atoms with Crippen molar-refractivity contribution in [3.05, 3.63) is 59.1 Å². The van der Waals surface area contributed by atoms with Crippen molar-refractivity contribution in [1.82, 2.24) is 9.97 Å². The molecule has 0 bridgehead atoms. The normalized spacial score (nSPS) is 9.13. The van der Waals surface area contributed by atoms with Crippen molar-refractivity contribution in [2.75, 3.05) is 0 Å². The predicted molar refractivity (Wildman–Crippen MR) is 59.5 cm³/mol. The Morgan fingerprint density at radius 2 is 1.80 bits per heavy atom. The highest BCUT2D eigenvalue weighted by atomic mass is 35.5. The van der Waals surface area contributed by atoms with Crippen LogP contribution in [-0.4, -0.2) is 9.97 Å². The first-order chi connectivity index (χ1) is 7.36. The van der Waals surface area contributed by atoms with E-state index in [1.807, 2.05) is 24.3 Å². The molecule has 0 saturated heterocycles. The second kappa shape index (κ2) is 4.59. The number of rotatable bonds is 0. The van der Waals surface area contributed by atoms with Gasteiger partial charge < -0.3 is 0 Å². The molecular weight excluding hydrogens is 208 g/mol. The van der Waals surface area contributed by atoms with Crippen LogP contribution in [-0.2, 0) is 0 Å². The molecule has 0 aliphatic heterocycles. The maximum atomic E-state index is 5.86. The summed E-state index contributed by atoms with van der Waals surface area (Å²) in [7, 11) is 0. The molecule has 72 valence electrons. The first-order valence-corrected chi connectivity index (χ1v) is 4.77. The van der Waals surface area contributed by atoms with Crippen LogP contribution in [0.2, 0.25) is 5.15 Å². The van der Waals surface area contributed by atoms with Gasteiger partial charge in [0.15, 0.2) is 0 Å². The van der Waals surface area contributed by atoms with Gasteiger partial charge in [-0.05, 0) is 30.2 Å². The minimum Gasteiger partial charge on any atom is -0.248 e. The van der Waals surface area contributed by atoms with Gasteiger partial charge in [-0.1, -0.05) is 23.6 Å². The van der Waals surface area contributed by atoms with Crippen LogP contribution < -0.4 is 0 Å². The molecule has 0 aliphatic carbocycles. The molecule has 0 atom stereocenters. The number of halogens is 1. The van der Waals surface area contributed by atoms with Gasteiger partial charge in [0.2, 0.25) is 0 Å². The summed E-state index contributed by atoms with van der Waals surface area (Å²) in [6.45, 7) is 0. The molecule has 2 rings (SSSR count). The first-order valence-electron chi connectivity index (χ1n) is 4.40. The van der Waals surface area contributed by atoms with Crippen LogP contribution in [0.5, 0.6) is 0 Å². The molecule has 0 amide bonds. The highest BCUT2D eigenvalue weighted by Crippen LogP contribution is 2.09. The smallest absolute Gasteiger partial charge is 0.144 e. The maximum Gasteiger partial charge on any atom is 0.144 e. The van der Waals surface area contributed by atoms with Crippen molar-refractivity contribution in [3.8, 4) is 11.8 Å². The second-order valence-electron chi connectivity index (χ2n) is 2.81. The lowest BCUT2D eigenvalue weighted by molar-refractivity contribution is 1.28. The highest BCUT2D eigenvalue weighted by Gasteiger charge is 1.94. The van der Waals surface area contributed by atoms with E-state index in [9.17, 15) is 0 Å². The molecule has 0 unspecified atom stereocenters. The summed E-state index contributed by atoms with van der Waals surface area (Å²) in [6.07, 6.45) is 3.34. The Kier molecular flexibility index (Phi) is 2.96. The monoisotopic (exact) mass is 214 g/mol. The standard InChI is InChI=1S/C12H7ClN2/c13-12-10(4-3-9-15-12)6-7-11-5-1-2-8-14-11/h1-5,8-9H. The number of hydrogen-bond donors (Lipinski definition) is 0. The molecular formula is C12H7ClN2. The van der Waals surface area contributed by atoms with Crippen LogP contribution in [0.3, 0.4) is 0 Å². The average molecular weight is 215 g/mol. The zero-order valence-corrected chi connectivity index (χ0v) is 8.57. The molecule has 0 aliphatic rings. The predicted octanol–water partition coefficient (Wildman–Crippen LogP) is 2.53. The van der Waals surface area contributed by atoms with E-state index in [0.717, 1.165) is 5.69 Å². The van der Waals surface area contributed by atoms with Crippen LogP contribution in [0.25, 0.3) is 0 Å². The molecule has 15 heavy (non-hydrogen) atoms. The van der Waals surface area contributed by atoms with E-state index in [-0.39, 0.29) is 0 Å². The molecule has 2 aromatic heterocycles. The van der Waals surface area contributed by atoms with E-state index in [2.05, 4.69) is 21.8 Å². The largest absolute Gasteiger partial charge is 0.248 e. The van der Waals surface area contributed by atoms with Gasteiger partial charge in [-0.15, -0.1) is 0 Å². The number of hydrogen-bond acceptors (Lipinski definition) is 2. The fourth-order valence-corrected chi connectivity index (χ4v) is 1.21. The Morgan fingerprint density at radius 1 is 0.933 bits per heavy atom. The molecule has 0 saturated carbocycles. The fraction of sp³-hybridized carbons (Fsp3) is 0. The molecule has 0 aromatic carbocycles. The molecule has 0 fully saturated rings. The van der Waals surface area contributed by atoms with Gasteiger partial charge in [-0.3, -0.25) is 0 Å². The summed E-state index contributed by atoms with van der Waals surface area (Å²) >= 11 is 5.86. The minimum absolute atomic E-state index is 0.418. The summed E-state index contributed by atoms with van der Waals surface area (Å²) in [5.41, 5.74) is 1.43. The second-order valence-corrected chi connectivity index (χ2v) is 3.16. The van der Waals surface area contributed by atoms with E-state index in [1.54, 1.807) is 18.5 Å². The summed E-state index contributed by atoms with van der Waals surface area (Å²) in [5, 5.41) is 0.418. The summed E-state index contributed by atoms with van der Waals surface area (Å²) in [6, 6.07) is 9.21. The zero-order chi connectivity index (χ0) is 10.5. The zero-order valence-electron chi connectivity index (χ0n) is 7.81. The van der Waals surface area contributed by atoms with E-state index >= 15 is 0 Å². The quantitative estimate of drug-likeness (QED) is 0.498. The Labute approximate surface area is 93.0 Å². The first kappa shape index (κ1) is 9.70. The van der Waals surface area contributed by atoms with Gasteiger partial charge >= 0.3 is 0 Å². The number of pyridine rings is 2. The van der Waals surface area contributed by atoms with Crippen molar-refractivity contribution in [3.63, 3.8) is 0 Å². The van der Waals surface area contributed by atoms with Gasteiger partial charge in [0.1, 0.15) is 10.8 Å². The molecule has 0 N–H and O–H groups in total. The van der Waals surface area contributed by atoms with Crippen LogP contribution in [0.15, 0.2) is 42.7 Å². The van der Waals surface area contributed by atoms with Gasteiger partial charge in [-0.25, -0.2) is 9.97 Å². The van der Waals surface area contributed by atoms with E-state index in [1.165, 1.54) is 0 Å². The lowest BCUT2D eigenvalue weighted by atomic mass is 10.2. The van der Waals surface area contributed by atoms with Crippen LogP contribution in [0, 0.1) is 11.8 Å². The lowest BCUT2D eigenvalue weighted by Gasteiger charge is -1.91. The van der Waals surface area contributed by atoms with E-state index in [0.29, 0.717) is 10.7 Å². The third-order valence-corrected chi connectivity index (χ3v) is 2.05. The number of nitrogens with zero attached hydrogens (tertiary/aromatic N) is 2. The Bertz CT molecular complexity index is 512. The molecule has 2 nitrogen and oxygen atoms in total. The van der Waals surface area contributed by atoms with Gasteiger partial charge in [0, 0.05) is 12.4 Å². The molecule has 0 spiro atoms. The molecule has 2 heterocycles. The van der Waals surface area contributed by atoms with E-state index in [4.69, 9.17) is 11.6 Å². The lowest BCUT2D eigenvalue weighted by Crippen LogP contribution is -1.82. The third-order valence-electron chi connectivity index (χ3n) is 1.75. The van der Waals surface area contributed by atoms with Crippen LogP contribution >= 0.6 is 11.6 Å². The highest BCUT2D eigenvalue weighted by molar-refractivity contribution is 6.30. The van der Waals surface area contributed by atoms with Crippen molar-refractivity contribution in [2.24, 2.45) is 0 Å². The number of aromatic nitrogens is 2. The van der Waals surface area contributed by atoms with Crippen molar-refractivity contribution in [1.29, 1.82) is 0 Å². The maximum absolute atomic E-state index is 5.86. The van der Waals surface area contributed by atoms with E-state index < -0.39 is 0 Å². The van der Waals surface area contributed by atoms with Crippen molar-refractivity contribution >= 4 is 11.6 Å². The Hall–Kier alpha value is -1.85. The molecule has 3 heteroatoms. The SMILES string of the molecule is Clc1ncccc1C#Cc1ccccn1. The summed E-state index contributed by atoms with van der Waals surface area (Å²) in [5.74, 6) is 5.84. The molecule has 2 aromatic rings. The van der Waals surface area contributed by atoms with Crippen LogP contribution in [0.4, 0.5) is 0 Å². The van der Waals surface area contributed by atoms with Crippen LogP contribution in [0.1, 0.15) is 11.3 Å². The fourth-order valence-electron chi connectivity index (χ4n) is 1.05. The van der Waals surface area contributed by atoms with Gasteiger partial charge in [0.25, 0.3) is 0 Å². The summed E-state index contributed by atoms with van der Waals surface area (Å²) < 4.78 is 0. The Balaban J connectivity index is 2.31. The van der Waals surface area contributed by atoms with Gasteiger partial charge in [0.05, 0.1) is 5.56 Å². The minimum atomic E-state index is 0.418. The Morgan fingerprint density at radius 3 is 2.53 bits per heavy atom. The topological polar surface area (TPSA) is 25.8 Å². The third kappa shape index (κ3) is 2.55. The van der Waals surface area contributed by atoms with Crippen molar-refractivity contribution < 1.29 is 0 Å². The van der Waals surface area contributed by atoms with Crippen molar-refractivity contribution in [2.45, 2.75) is 0 Å². The average Bonchev–Trinajstić information content (AvgIpc) is 2.29. The molecule has 0 radical (unpaired) electrons. The summed E-state index contributed by atoms with van der Waals surface area (Å²) in [4.78, 5) is 8.02. The van der Waals surface area contributed by atoms with Gasteiger partial charge in [-0.2, -0.15) is 0 Å².